The third-order valence-electron chi connectivity index (χ3n) is 5.49. The van der Waals surface area contributed by atoms with Gasteiger partial charge in [-0.05, 0) is 24.6 Å². The number of anilines is 1. The number of carbonyl (C=O) groups excluding carboxylic acids is 1. The normalized spacial score (nSPS) is 19.3. The van der Waals surface area contributed by atoms with Crippen molar-refractivity contribution in [2.75, 3.05) is 4.90 Å². The van der Waals surface area contributed by atoms with E-state index in [-0.39, 0.29) is 17.7 Å². The first-order chi connectivity index (χ1) is 13.9. The molecule has 3 aromatic rings. The molecular formula is C24H23NO4. The predicted molar refractivity (Wildman–Crippen MR) is 110 cm³/mol. The lowest BCUT2D eigenvalue weighted by molar-refractivity contribution is -0.139. The Morgan fingerprint density at radius 1 is 0.966 bits per heavy atom. The van der Waals surface area contributed by atoms with Crippen LogP contribution in [0.15, 0.2) is 72.8 Å². The van der Waals surface area contributed by atoms with E-state index >= 15 is 0 Å². The molecule has 2 unspecified atom stereocenters. The minimum atomic E-state index is -1.87. The number of aliphatic hydroxyl groups excluding tert-OH is 1. The molecule has 5 heteroatoms. The largest absolute Gasteiger partial charge is 0.508 e. The topological polar surface area (TPSA) is 81.0 Å². The second-order valence-corrected chi connectivity index (χ2v) is 7.53. The quantitative estimate of drug-likeness (QED) is 0.623. The van der Waals surface area contributed by atoms with Crippen molar-refractivity contribution in [2.24, 2.45) is 0 Å². The zero-order valence-electron chi connectivity index (χ0n) is 16.1. The van der Waals surface area contributed by atoms with Crippen LogP contribution in [0.4, 0.5) is 5.69 Å². The van der Waals surface area contributed by atoms with Crippen LogP contribution in [-0.2, 0) is 16.9 Å². The Morgan fingerprint density at radius 3 is 2.34 bits per heavy atom. The van der Waals surface area contributed by atoms with E-state index in [0.717, 1.165) is 11.1 Å². The third-order valence-corrected chi connectivity index (χ3v) is 5.49. The van der Waals surface area contributed by atoms with Crippen LogP contribution in [0.2, 0.25) is 0 Å². The molecule has 148 valence electrons. The van der Waals surface area contributed by atoms with Crippen LogP contribution in [0.5, 0.6) is 5.75 Å². The number of aromatic hydroxyl groups is 1. The summed E-state index contributed by atoms with van der Waals surface area (Å²) in [4.78, 5) is 14.9. The fourth-order valence-corrected chi connectivity index (χ4v) is 3.90. The maximum absolute atomic E-state index is 13.3. The van der Waals surface area contributed by atoms with Gasteiger partial charge < -0.3 is 20.2 Å². The number of hydrogen-bond acceptors (Lipinski definition) is 4. The summed E-state index contributed by atoms with van der Waals surface area (Å²) in [7, 11) is 0. The second-order valence-electron chi connectivity index (χ2n) is 7.53. The van der Waals surface area contributed by atoms with Gasteiger partial charge in [0.2, 0.25) is 0 Å². The molecule has 0 bridgehead atoms. The smallest absolute Gasteiger partial charge is 0.264 e. The first-order valence-electron chi connectivity index (χ1n) is 9.55. The summed E-state index contributed by atoms with van der Waals surface area (Å²) in [6.45, 7) is 2.32. The fraction of sp³-hybridized carbons (Fsp3) is 0.208. The molecule has 1 aliphatic heterocycles. The number of para-hydroxylation sites is 2. The summed E-state index contributed by atoms with van der Waals surface area (Å²) in [6.07, 6.45) is -1.44. The number of hydrogen-bond donors (Lipinski definition) is 3. The zero-order chi connectivity index (χ0) is 20.6. The number of rotatable bonds is 5. The lowest BCUT2D eigenvalue weighted by Crippen LogP contribution is -2.41. The number of phenols is 1. The first kappa shape index (κ1) is 19.2. The maximum atomic E-state index is 13.3. The van der Waals surface area contributed by atoms with E-state index in [2.05, 4.69) is 0 Å². The number of phenolic OH excluding ortho intramolecular Hbond substituents is 1. The van der Waals surface area contributed by atoms with Gasteiger partial charge in [0.1, 0.15) is 5.75 Å². The summed E-state index contributed by atoms with van der Waals surface area (Å²) in [5, 5.41) is 32.1. The van der Waals surface area contributed by atoms with Gasteiger partial charge in [0.25, 0.3) is 5.91 Å². The molecule has 1 heterocycles. The number of aliphatic hydroxyl groups is 2. The highest BCUT2D eigenvalue weighted by molar-refractivity contribution is 6.06. The van der Waals surface area contributed by atoms with Crippen LogP contribution in [0.1, 0.15) is 34.8 Å². The second kappa shape index (κ2) is 7.35. The molecule has 5 nitrogen and oxygen atoms in total. The van der Waals surface area contributed by atoms with Crippen molar-refractivity contribution in [3.05, 3.63) is 95.1 Å². The Morgan fingerprint density at radius 2 is 1.62 bits per heavy atom. The van der Waals surface area contributed by atoms with Crippen LogP contribution in [-0.4, -0.2) is 21.2 Å². The lowest BCUT2D eigenvalue weighted by Gasteiger charge is -2.26. The molecule has 0 spiro atoms. The van der Waals surface area contributed by atoms with Crippen molar-refractivity contribution in [3.63, 3.8) is 0 Å². The number of carbonyl (C=O) groups is 1. The SMILES string of the molecule is Cc1ccc(CN2C(=O)C(O)(CC(O)c3ccccc3O)c3ccccc32)cc1. The molecular weight excluding hydrogens is 366 g/mol. The summed E-state index contributed by atoms with van der Waals surface area (Å²) in [6, 6.07) is 21.4. The van der Waals surface area contributed by atoms with Crippen LogP contribution in [0, 0.1) is 6.92 Å². The van der Waals surface area contributed by atoms with E-state index in [9.17, 15) is 20.1 Å². The van der Waals surface area contributed by atoms with Crippen molar-refractivity contribution in [1.82, 2.24) is 0 Å². The molecule has 0 aromatic heterocycles. The van der Waals surface area contributed by atoms with Crippen molar-refractivity contribution < 1.29 is 20.1 Å². The van der Waals surface area contributed by atoms with E-state index in [4.69, 9.17) is 0 Å². The number of benzene rings is 3. The summed E-state index contributed by atoms with van der Waals surface area (Å²) in [5.74, 6) is -0.549. The summed E-state index contributed by atoms with van der Waals surface area (Å²) >= 11 is 0. The molecule has 0 saturated carbocycles. The lowest BCUT2D eigenvalue weighted by atomic mass is 9.87. The highest BCUT2D eigenvalue weighted by Gasteiger charge is 2.50. The van der Waals surface area contributed by atoms with E-state index in [1.165, 1.54) is 6.07 Å². The van der Waals surface area contributed by atoms with Crippen molar-refractivity contribution in [3.8, 4) is 5.75 Å². The Labute approximate surface area is 169 Å². The molecule has 3 N–H and O–H groups in total. The highest BCUT2D eigenvalue weighted by Crippen LogP contribution is 2.46. The number of nitrogens with zero attached hydrogens (tertiary/aromatic N) is 1. The molecule has 3 aromatic carbocycles. The van der Waals surface area contributed by atoms with Crippen molar-refractivity contribution in [2.45, 2.75) is 31.6 Å². The maximum Gasteiger partial charge on any atom is 0.264 e. The Hall–Kier alpha value is -3.15. The minimum absolute atomic E-state index is 0.0705. The molecule has 0 aliphatic carbocycles. The van der Waals surface area contributed by atoms with Gasteiger partial charge in [0, 0.05) is 17.5 Å². The monoisotopic (exact) mass is 389 g/mol. The molecule has 1 aliphatic rings. The van der Waals surface area contributed by atoms with Gasteiger partial charge in [-0.2, -0.15) is 0 Å². The molecule has 4 rings (SSSR count). The van der Waals surface area contributed by atoms with Gasteiger partial charge in [-0.15, -0.1) is 0 Å². The molecule has 0 radical (unpaired) electrons. The van der Waals surface area contributed by atoms with Gasteiger partial charge in [-0.3, -0.25) is 4.79 Å². The molecule has 29 heavy (non-hydrogen) atoms. The van der Waals surface area contributed by atoms with E-state index in [1.807, 2.05) is 37.3 Å². The Balaban J connectivity index is 1.68. The number of aryl methyl sites for hydroxylation is 1. The zero-order valence-corrected chi connectivity index (χ0v) is 16.1. The molecule has 1 amide bonds. The number of amides is 1. The standard InChI is InChI=1S/C24H23NO4/c1-16-10-12-17(13-11-16)15-25-20-8-4-3-7-19(20)24(29,23(25)28)14-22(27)18-6-2-5-9-21(18)26/h2-13,22,26-27,29H,14-15H2,1H3. The Bertz CT molecular complexity index is 1050. The van der Waals surface area contributed by atoms with Crippen LogP contribution < -0.4 is 4.90 Å². The van der Waals surface area contributed by atoms with E-state index in [0.29, 0.717) is 17.8 Å². The Kier molecular flexibility index (Phi) is 4.86. The molecule has 0 fully saturated rings. The first-order valence-corrected chi connectivity index (χ1v) is 9.55. The van der Waals surface area contributed by atoms with Gasteiger partial charge in [-0.25, -0.2) is 0 Å². The average molecular weight is 389 g/mol. The van der Waals surface area contributed by atoms with E-state index < -0.39 is 17.6 Å². The van der Waals surface area contributed by atoms with Crippen LogP contribution in [0.25, 0.3) is 0 Å². The van der Waals surface area contributed by atoms with Crippen LogP contribution in [0.3, 0.4) is 0 Å². The van der Waals surface area contributed by atoms with Crippen molar-refractivity contribution in [1.29, 1.82) is 0 Å². The van der Waals surface area contributed by atoms with E-state index in [1.54, 1.807) is 41.3 Å². The predicted octanol–water partition coefficient (Wildman–Crippen LogP) is 3.56. The summed E-state index contributed by atoms with van der Waals surface area (Å²) < 4.78 is 0. The van der Waals surface area contributed by atoms with Gasteiger partial charge in [-0.1, -0.05) is 66.2 Å². The average Bonchev–Trinajstić information content (AvgIpc) is 2.92. The number of fused-ring (bicyclic) bond motifs is 1. The summed E-state index contributed by atoms with van der Waals surface area (Å²) in [5.41, 5.74) is 1.58. The van der Waals surface area contributed by atoms with Crippen LogP contribution >= 0.6 is 0 Å². The molecule has 0 saturated heterocycles. The van der Waals surface area contributed by atoms with Crippen molar-refractivity contribution >= 4 is 11.6 Å². The third kappa shape index (κ3) is 3.39. The van der Waals surface area contributed by atoms with Gasteiger partial charge in [0.15, 0.2) is 5.60 Å². The highest BCUT2D eigenvalue weighted by atomic mass is 16.3. The molecule has 2 atom stereocenters. The fourth-order valence-electron chi connectivity index (χ4n) is 3.90. The van der Waals surface area contributed by atoms with Gasteiger partial charge in [0.05, 0.1) is 18.3 Å². The van der Waals surface area contributed by atoms with Gasteiger partial charge >= 0.3 is 0 Å². The minimum Gasteiger partial charge on any atom is -0.508 e.